The molecule has 1 saturated heterocycles. The van der Waals surface area contributed by atoms with Gasteiger partial charge in [-0.15, -0.1) is 11.8 Å². The molecule has 98 valence electrons. The molecule has 0 aliphatic carbocycles. The Morgan fingerprint density at radius 1 is 1.35 bits per heavy atom. The topological polar surface area (TPSA) is 57.6 Å². The lowest BCUT2D eigenvalue weighted by Gasteiger charge is -2.37. The first-order chi connectivity index (χ1) is 7.82. The van der Waals surface area contributed by atoms with Crippen molar-refractivity contribution in [2.24, 2.45) is 0 Å². The van der Waals surface area contributed by atoms with Crippen molar-refractivity contribution >= 4 is 23.6 Å². The van der Waals surface area contributed by atoms with Crippen molar-refractivity contribution < 1.29 is 14.7 Å². The Balaban J connectivity index is 2.74. The van der Waals surface area contributed by atoms with Crippen LogP contribution in [0, 0.1) is 0 Å². The largest absolute Gasteiger partial charge is 0.480 e. The van der Waals surface area contributed by atoms with Gasteiger partial charge in [0.15, 0.2) is 0 Å². The molecule has 1 unspecified atom stereocenters. The number of carboxylic acids is 1. The molecule has 1 N–H and O–H groups in total. The van der Waals surface area contributed by atoms with E-state index in [1.54, 1.807) is 11.8 Å². The molecule has 0 aromatic rings. The summed E-state index contributed by atoms with van der Waals surface area (Å²) in [5.41, 5.74) is -0.437. The molecule has 1 aliphatic rings. The van der Waals surface area contributed by atoms with Gasteiger partial charge in [0.05, 0.1) is 5.25 Å². The van der Waals surface area contributed by atoms with Gasteiger partial charge in [0, 0.05) is 5.54 Å². The minimum absolute atomic E-state index is 0.0235. The van der Waals surface area contributed by atoms with E-state index in [1.807, 2.05) is 20.8 Å². The average molecular weight is 259 g/mol. The van der Waals surface area contributed by atoms with Gasteiger partial charge < -0.3 is 10.0 Å². The lowest BCUT2D eigenvalue weighted by molar-refractivity contribution is -0.148. The number of aliphatic carboxylic acids is 1. The van der Waals surface area contributed by atoms with E-state index in [4.69, 9.17) is 5.11 Å². The van der Waals surface area contributed by atoms with Crippen LogP contribution in [0.3, 0.4) is 0 Å². The number of carbonyl (C=O) groups is 2. The molecule has 4 nitrogen and oxygen atoms in total. The summed E-state index contributed by atoms with van der Waals surface area (Å²) >= 11 is 1.66. The van der Waals surface area contributed by atoms with Gasteiger partial charge in [0.2, 0.25) is 5.91 Å². The third-order valence-corrected chi connectivity index (χ3v) is 4.19. The normalized spacial score (nSPS) is 21.0. The molecule has 1 fully saturated rings. The molecular formula is C12H21NO3S. The van der Waals surface area contributed by atoms with Crippen LogP contribution < -0.4 is 0 Å². The summed E-state index contributed by atoms with van der Waals surface area (Å²) in [6.45, 7) is 5.42. The molecule has 0 bridgehead atoms. The second-order valence-corrected chi connectivity index (χ2v) is 6.65. The Morgan fingerprint density at radius 2 is 2.00 bits per heavy atom. The summed E-state index contributed by atoms with van der Waals surface area (Å²) in [6, 6.07) is 0. The van der Waals surface area contributed by atoms with Gasteiger partial charge in [0.25, 0.3) is 0 Å². The van der Waals surface area contributed by atoms with E-state index in [2.05, 4.69) is 0 Å². The highest BCUT2D eigenvalue weighted by atomic mass is 32.2. The molecule has 17 heavy (non-hydrogen) atoms. The van der Waals surface area contributed by atoms with Crippen molar-refractivity contribution in [1.29, 1.82) is 0 Å². The van der Waals surface area contributed by atoms with Crippen LogP contribution in [0.15, 0.2) is 0 Å². The van der Waals surface area contributed by atoms with Crippen molar-refractivity contribution in [3.63, 3.8) is 0 Å². The van der Waals surface area contributed by atoms with Gasteiger partial charge in [-0.2, -0.15) is 0 Å². The maximum Gasteiger partial charge on any atom is 0.323 e. The van der Waals surface area contributed by atoms with Crippen molar-refractivity contribution in [3.05, 3.63) is 0 Å². The third kappa shape index (κ3) is 4.22. The zero-order valence-corrected chi connectivity index (χ0v) is 11.5. The first kappa shape index (κ1) is 14.4. The highest BCUT2D eigenvalue weighted by Gasteiger charge is 2.33. The number of rotatable bonds is 3. The lowest BCUT2D eigenvalue weighted by Crippen LogP contribution is -2.51. The fraction of sp³-hybridized carbons (Fsp3) is 0.833. The van der Waals surface area contributed by atoms with Crippen LogP contribution in [0.5, 0.6) is 0 Å². The Labute approximate surface area is 107 Å². The molecule has 1 aliphatic heterocycles. The fourth-order valence-corrected chi connectivity index (χ4v) is 3.15. The summed E-state index contributed by atoms with van der Waals surface area (Å²) in [7, 11) is 0. The number of thioether (sulfide) groups is 1. The van der Waals surface area contributed by atoms with E-state index >= 15 is 0 Å². The number of amides is 1. The van der Waals surface area contributed by atoms with E-state index in [1.165, 1.54) is 4.90 Å². The molecule has 1 heterocycles. The highest BCUT2D eigenvalue weighted by Crippen LogP contribution is 2.28. The van der Waals surface area contributed by atoms with Gasteiger partial charge in [-0.05, 0) is 39.4 Å². The number of carbonyl (C=O) groups excluding carboxylic acids is 1. The van der Waals surface area contributed by atoms with Gasteiger partial charge >= 0.3 is 5.97 Å². The molecule has 0 aromatic carbocycles. The van der Waals surface area contributed by atoms with Crippen LogP contribution in [-0.2, 0) is 9.59 Å². The van der Waals surface area contributed by atoms with Crippen LogP contribution in [0.1, 0.15) is 40.0 Å². The van der Waals surface area contributed by atoms with Gasteiger partial charge in [-0.25, -0.2) is 0 Å². The average Bonchev–Trinajstić information content (AvgIpc) is 2.24. The zero-order valence-electron chi connectivity index (χ0n) is 10.7. The zero-order chi connectivity index (χ0) is 13.1. The van der Waals surface area contributed by atoms with Crippen LogP contribution in [0.25, 0.3) is 0 Å². The van der Waals surface area contributed by atoms with Crippen LogP contribution in [0.2, 0.25) is 0 Å². The van der Waals surface area contributed by atoms with Gasteiger partial charge in [-0.1, -0.05) is 6.42 Å². The monoisotopic (exact) mass is 259 g/mol. The second kappa shape index (κ2) is 5.76. The first-order valence-corrected chi connectivity index (χ1v) is 7.02. The SMILES string of the molecule is CC(C)(C)N(CC(=O)O)C(=O)C1CCCCS1. The van der Waals surface area contributed by atoms with E-state index < -0.39 is 11.5 Å². The summed E-state index contributed by atoms with van der Waals surface area (Å²) in [6.07, 6.45) is 3.09. The molecule has 0 radical (unpaired) electrons. The number of hydrogen-bond donors (Lipinski definition) is 1. The van der Waals surface area contributed by atoms with Crippen molar-refractivity contribution in [3.8, 4) is 0 Å². The summed E-state index contributed by atoms with van der Waals surface area (Å²) < 4.78 is 0. The summed E-state index contributed by atoms with van der Waals surface area (Å²) in [5.74, 6) is 0.0280. The molecule has 0 spiro atoms. The molecular weight excluding hydrogens is 238 g/mol. The highest BCUT2D eigenvalue weighted by molar-refractivity contribution is 8.00. The minimum Gasteiger partial charge on any atom is -0.480 e. The van der Waals surface area contributed by atoms with Gasteiger partial charge in [0.1, 0.15) is 6.54 Å². The van der Waals surface area contributed by atoms with E-state index in [0.29, 0.717) is 0 Å². The van der Waals surface area contributed by atoms with Gasteiger partial charge in [-0.3, -0.25) is 9.59 Å². The minimum atomic E-state index is -0.950. The summed E-state index contributed by atoms with van der Waals surface area (Å²) in [5, 5.41) is 8.84. The molecule has 1 atom stereocenters. The number of hydrogen-bond acceptors (Lipinski definition) is 3. The Morgan fingerprint density at radius 3 is 2.41 bits per heavy atom. The maximum atomic E-state index is 12.3. The first-order valence-electron chi connectivity index (χ1n) is 5.97. The quantitative estimate of drug-likeness (QED) is 0.842. The van der Waals surface area contributed by atoms with Crippen molar-refractivity contribution in [1.82, 2.24) is 4.90 Å². The third-order valence-electron chi connectivity index (χ3n) is 2.82. The molecule has 1 rings (SSSR count). The van der Waals surface area contributed by atoms with E-state index in [-0.39, 0.29) is 17.7 Å². The van der Waals surface area contributed by atoms with Crippen LogP contribution >= 0.6 is 11.8 Å². The second-order valence-electron chi connectivity index (χ2n) is 5.34. The molecule has 5 heteroatoms. The fourth-order valence-electron chi connectivity index (χ4n) is 1.89. The molecule has 1 amide bonds. The summed E-state index contributed by atoms with van der Waals surface area (Å²) in [4.78, 5) is 24.6. The predicted molar refractivity (Wildman–Crippen MR) is 69.2 cm³/mol. The van der Waals surface area contributed by atoms with Crippen LogP contribution in [0.4, 0.5) is 0 Å². The van der Waals surface area contributed by atoms with Crippen molar-refractivity contribution in [2.45, 2.75) is 50.8 Å². The Bertz CT molecular complexity index is 293. The smallest absolute Gasteiger partial charge is 0.323 e. The molecule has 0 saturated carbocycles. The van der Waals surface area contributed by atoms with Crippen LogP contribution in [-0.4, -0.2) is 45.0 Å². The standard InChI is InChI=1S/C12H21NO3S/c1-12(2,3)13(8-10(14)15)11(16)9-6-4-5-7-17-9/h9H,4-8H2,1-3H3,(H,14,15). The number of carboxylic acid groups (broad SMARTS) is 1. The van der Waals surface area contributed by atoms with E-state index in [9.17, 15) is 9.59 Å². The Kier molecular flexibility index (Phi) is 4.86. The maximum absolute atomic E-state index is 12.3. The molecule has 0 aromatic heterocycles. The lowest BCUT2D eigenvalue weighted by atomic mass is 10.0. The van der Waals surface area contributed by atoms with Crippen molar-refractivity contribution in [2.75, 3.05) is 12.3 Å². The van der Waals surface area contributed by atoms with E-state index in [0.717, 1.165) is 25.0 Å². The predicted octanol–water partition coefficient (Wildman–Crippen LogP) is 1.98. The number of nitrogens with zero attached hydrogens (tertiary/aromatic N) is 1. The Hall–Kier alpha value is -0.710.